The molecule has 1 aliphatic carbocycles. The van der Waals surface area contributed by atoms with Gasteiger partial charge in [0.15, 0.2) is 5.82 Å². The molecule has 266 valence electrons. The van der Waals surface area contributed by atoms with Crippen LogP contribution in [-0.4, -0.2) is 63.8 Å². The summed E-state index contributed by atoms with van der Waals surface area (Å²) in [6.45, 7) is 10.1. The molecule has 1 atom stereocenters. The predicted octanol–water partition coefficient (Wildman–Crippen LogP) is 5.25. The molecule has 4 aromatic rings. The number of carbonyl (C=O) groups excluding carboxylic acids is 1. The van der Waals surface area contributed by atoms with E-state index in [1.54, 1.807) is 16.4 Å². The Balaban J connectivity index is 1.09. The highest BCUT2D eigenvalue weighted by molar-refractivity contribution is 5.95. The molecule has 1 saturated heterocycles. The summed E-state index contributed by atoms with van der Waals surface area (Å²) in [6.07, 6.45) is 5.08. The Morgan fingerprint density at radius 2 is 1.80 bits per heavy atom. The van der Waals surface area contributed by atoms with Gasteiger partial charge < -0.3 is 19.5 Å². The minimum atomic E-state index is -0.849. The van der Waals surface area contributed by atoms with E-state index in [9.17, 15) is 19.2 Å². The lowest BCUT2D eigenvalue weighted by atomic mass is 10.1. The third-order valence-electron chi connectivity index (χ3n) is 9.81. The van der Waals surface area contributed by atoms with Gasteiger partial charge in [-0.1, -0.05) is 13.0 Å². The average molecular weight is 691 g/mol. The molecule has 6 rings (SSSR count). The van der Waals surface area contributed by atoms with Crippen molar-refractivity contribution in [3.8, 4) is 0 Å². The molecule has 0 spiro atoms. The molecule has 13 heteroatoms. The molecule has 0 radical (unpaired) electrons. The SMILES string of the molecule is CCOC(=O)c1cn(C2CC2)c2c(F)c(N3CCN(CCCCn4c(=O)cc(Nc5ccc(C)c(CC)c5)[nH]c4=O)[C@@H](C)C3)c(F)cc2c1=O. The Hall–Kier alpha value is -4.78. The fourth-order valence-electron chi connectivity index (χ4n) is 6.92. The molecule has 2 aliphatic rings. The Kier molecular flexibility index (Phi) is 10.2. The van der Waals surface area contributed by atoms with E-state index in [4.69, 9.17) is 4.74 Å². The molecule has 0 bridgehead atoms. The minimum Gasteiger partial charge on any atom is -0.462 e. The van der Waals surface area contributed by atoms with Gasteiger partial charge in [0.2, 0.25) is 5.43 Å². The van der Waals surface area contributed by atoms with Crippen LogP contribution in [0.2, 0.25) is 0 Å². The molecule has 2 fully saturated rings. The van der Waals surface area contributed by atoms with Crippen molar-refractivity contribution in [1.82, 2.24) is 19.0 Å². The fourth-order valence-corrected chi connectivity index (χ4v) is 6.92. The van der Waals surface area contributed by atoms with Gasteiger partial charge in [-0.05, 0) is 88.7 Å². The van der Waals surface area contributed by atoms with Crippen molar-refractivity contribution < 1.29 is 18.3 Å². The maximum absolute atomic E-state index is 16.3. The van der Waals surface area contributed by atoms with E-state index >= 15 is 8.78 Å². The summed E-state index contributed by atoms with van der Waals surface area (Å²) in [5, 5.41) is 2.95. The van der Waals surface area contributed by atoms with Crippen LogP contribution in [-0.2, 0) is 17.7 Å². The van der Waals surface area contributed by atoms with Crippen LogP contribution in [0.5, 0.6) is 0 Å². The second-order valence-corrected chi connectivity index (χ2v) is 13.3. The van der Waals surface area contributed by atoms with Crippen molar-refractivity contribution in [3.63, 3.8) is 0 Å². The number of nitrogens with one attached hydrogen (secondary N) is 2. The lowest BCUT2D eigenvalue weighted by Gasteiger charge is -2.41. The topological polar surface area (TPSA) is 122 Å². The van der Waals surface area contributed by atoms with Gasteiger partial charge in [0.05, 0.1) is 17.5 Å². The average Bonchev–Trinajstić information content (AvgIpc) is 3.92. The Morgan fingerprint density at radius 3 is 2.48 bits per heavy atom. The molecule has 0 unspecified atom stereocenters. The van der Waals surface area contributed by atoms with E-state index in [0.717, 1.165) is 31.0 Å². The van der Waals surface area contributed by atoms with Gasteiger partial charge in [-0.25, -0.2) is 18.4 Å². The number of carbonyl (C=O) groups is 1. The second kappa shape index (κ2) is 14.6. The standard InChI is InChI=1S/C37H44F2N6O5/c1-5-24-17-25(10-9-22(24)3)40-30-19-31(46)44(37(49)41-30)14-8-7-13-42-15-16-43(20-23(42)4)34-29(38)18-27-33(32(34)39)45(26-11-12-26)21-28(35(27)47)36(48)50-6-2/h9-10,17-19,21,23,26,40H,5-8,11-16,20H2,1-4H3,(H,41,49)/t23-/m0/s1. The number of hydrogen-bond donors (Lipinski definition) is 2. The summed E-state index contributed by atoms with van der Waals surface area (Å²) in [4.78, 5) is 57.9. The Morgan fingerprint density at radius 1 is 1.04 bits per heavy atom. The van der Waals surface area contributed by atoms with Crippen LogP contribution >= 0.6 is 0 Å². The first-order valence-corrected chi connectivity index (χ1v) is 17.4. The van der Waals surface area contributed by atoms with Crippen LogP contribution in [0.25, 0.3) is 10.9 Å². The summed E-state index contributed by atoms with van der Waals surface area (Å²) in [5.74, 6) is -2.12. The maximum atomic E-state index is 16.3. The van der Waals surface area contributed by atoms with Gasteiger partial charge in [0.1, 0.15) is 22.9 Å². The van der Waals surface area contributed by atoms with Crippen molar-refractivity contribution in [2.45, 2.75) is 78.4 Å². The van der Waals surface area contributed by atoms with Crippen LogP contribution in [0.15, 0.2) is 50.9 Å². The number of aromatic amines is 1. The largest absolute Gasteiger partial charge is 0.462 e. The Labute approximate surface area is 288 Å². The molecule has 2 N–H and O–H groups in total. The van der Waals surface area contributed by atoms with Crippen molar-refractivity contribution in [3.05, 3.63) is 95.9 Å². The zero-order valence-corrected chi connectivity index (χ0v) is 29.0. The van der Waals surface area contributed by atoms with Gasteiger partial charge in [0.25, 0.3) is 5.56 Å². The summed E-state index contributed by atoms with van der Waals surface area (Å²) in [7, 11) is 0. The first kappa shape index (κ1) is 35.1. The van der Waals surface area contributed by atoms with Gasteiger partial charge in [0, 0.05) is 56.2 Å². The van der Waals surface area contributed by atoms with Gasteiger partial charge in [-0.15, -0.1) is 0 Å². The Bertz CT molecular complexity index is 2070. The first-order chi connectivity index (χ1) is 24.0. The number of unbranched alkanes of at least 4 members (excludes halogenated alkanes) is 1. The first-order valence-electron chi connectivity index (χ1n) is 17.4. The molecular weight excluding hydrogens is 646 g/mol. The van der Waals surface area contributed by atoms with Gasteiger partial charge in [-0.3, -0.25) is 24.0 Å². The van der Waals surface area contributed by atoms with E-state index < -0.39 is 28.7 Å². The predicted molar refractivity (Wildman–Crippen MR) is 190 cm³/mol. The number of benzene rings is 2. The summed E-state index contributed by atoms with van der Waals surface area (Å²) < 4.78 is 39.7. The number of fused-ring (bicyclic) bond motifs is 1. The normalized spacial score (nSPS) is 16.6. The van der Waals surface area contributed by atoms with E-state index in [2.05, 4.69) is 22.1 Å². The highest BCUT2D eigenvalue weighted by Gasteiger charge is 2.33. The minimum absolute atomic E-state index is 0.00635. The van der Waals surface area contributed by atoms with E-state index in [-0.39, 0.29) is 52.9 Å². The number of ether oxygens (including phenoxy) is 1. The molecule has 50 heavy (non-hydrogen) atoms. The molecule has 1 saturated carbocycles. The smallest absolute Gasteiger partial charge is 0.343 e. The molecule has 11 nitrogen and oxygen atoms in total. The third kappa shape index (κ3) is 7.09. The van der Waals surface area contributed by atoms with Crippen LogP contribution < -0.4 is 26.9 Å². The van der Waals surface area contributed by atoms with Crippen LogP contribution in [0.3, 0.4) is 0 Å². The number of rotatable bonds is 12. The number of aryl methyl sites for hydroxylation is 2. The van der Waals surface area contributed by atoms with E-state index in [1.807, 2.05) is 32.0 Å². The summed E-state index contributed by atoms with van der Waals surface area (Å²) >= 11 is 0. The monoisotopic (exact) mass is 690 g/mol. The van der Waals surface area contributed by atoms with E-state index in [1.165, 1.54) is 28.0 Å². The van der Waals surface area contributed by atoms with Crippen molar-refractivity contribution in [1.29, 1.82) is 0 Å². The number of anilines is 3. The number of hydrogen-bond acceptors (Lipinski definition) is 8. The lowest BCUT2D eigenvalue weighted by molar-refractivity contribution is 0.0524. The highest BCUT2D eigenvalue weighted by Crippen LogP contribution is 2.40. The van der Waals surface area contributed by atoms with Gasteiger partial charge >= 0.3 is 11.7 Å². The van der Waals surface area contributed by atoms with Crippen LogP contribution in [0, 0.1) is 18.6 Å². The van der Waals surface area contributed by atoms with Crippen LogP contribution in [0.1, 0.15) is 74.0 Å². The summed E-state index contributed by atoms with van der Waals surface area (Å²) in [5.41, 5.74) is 1.15. The lowest BCUT2D eigenvalue weighted by Crippen LogP contribution is -2.52. The van der Waals surface area contributed by atoms with Crippen LogP contribution in [0.4, 0.5) is 26.0 Å². The molecule has 2 aromatic carbocycles. The van der Waals surface area contributed by atoms with Crippen molar-refractivity contribution in [2.75, 3.05) is 43.0 Å². The zero-order valence-electron chi connectivity index (χ0n) is 29.0. The molecular formula is C37H44F2N6O5. The maximum Gasteiger partial charge on any atom is 0.343 e. The third-order valence-corrected chi connectivity index (χ3v) is 9.81. The number of pyridine rings is 1. The number of esters is 1. The molecule has 0 amide bonds. The summed E-state index contributed by atoms with van der Waals surface area (Å²) in [6, 6.07) is 8.23. The molecule has 2 aromatic heterocycles. The molecule has 1 aliphatic heterocycles. The number of aromatic nitrogens is 3. The quantitative estimate of drug-likeness (QED) is 0.153. The van der Waals surface area contributed by atoms with Gasteiger partial charge in [-0.2, -0.15) is 0 Å². The number of piperazine rings is 1. The van der Waals surface area contributed by atoms with Crippen molar-refractivity contribution >= 4 is 34.1 Å². The number of H-pyrrole nitrogens is 1. The number of halogens is 2. The second-order valence-electron chi connectivity index (χ2n) is 13.3. The van der Waals surface area contributed by atoms with E-state index in [0.29, 0.717) is 44.8 Å². The fraction of sp³-hybridized carbons (Fsp3) is 0.459. The molecule has 3 heterocycles. The van der Waals surface area contributed by atoms with Crippen molar-refractivity contribution in [2.24, 2.45) is 0 Å². The number of nitrogens with zero attached hydrogens (tertiary/aromatic N) is 4. The highest BCUT2D eigenvalue weighted by atomic mass is 19.1. The zero-order chi connectivity index (χ0) is 35.7.